The van der Waals surface area contributed by atoms with E-state index in [9.17, 15) is 0 Å². The van der Waals surface area contributed by atoms with Crippen LogP contribution in [0.1, 0.15) is 209 Å². The Bertz CT molecular complexity index is 6020. The van der Waals surface area contributed by atoms with Crippen molar-refractivity contribution in [2.45, 2.75) is 207 Å². The van der Waals surface area contributed by atoms with Gasteiger partial charge in [0.2, 0.25) is 0 Å². The first-order valence-corrected chi connectivity index (χ1v) is 40.3. The van der Waals surface area contributed by atoms with Crippen molar-refractivity contribution < 1.29 is 0 Å². The molecule has 0 fully saturated rings. The third-order valence-electron chi connectivity index (χ3n) is 26.3. The van der Waals surface area contributed by atoms with Crippen molar-refractivity contribution in [2.24, 2.45) is 0 Å². The van der Waals surface area contributed by atoms with Gasteiger partial charge in [-0.2, -0.15) is 0 Å². The molecule has 0 N–H and O–H groups in total. The van der Waals surface area contributed by atoms with Crippen LogP contribution in [0.15, 0.2) is 237 Å². The molecule has 109 heavy (non-hydrogen) atoms. The quantitative estimate of drug-likeness (QED) is 0.148. The summed E-state index contributed by atoms with van der Waals surface area (Å²) in [6, 6.07) is 94.1. The molecule has 2 aliphatic heterocycles. The molecule has 4 aliphatic rings. The van der Waals surface area contributed by atoms with Gasteiger partial charge in [-0.3, -0.25) is 0 Å². The predicted molar refractivity (Wildman–Crippen MR) is 471 cm³/mol. The highest BCUT2D eigenvalue weighted by molar-refractivity contribution is 7.00. The number of fused-ring (bicyclic) bond motifs is 12. The summed E-state index contributed by atoms with van der Waals surface area (Å²) < 4.78 is 5.15. The van der Waals surface area contributed by atoms with E-state index in [0.717, 1.165) is 39.8 Å². The predicted octanol–water partition coefficient (Wildman–Crippen LogP) is 26.9. The maximum Gasteiger partial charge on any atom is 0.252 e. The minimum absolute atomic E-state index is 0.0228. The fourth-order valence-electron chi connectivity index (χ4n) is 19.4. The number of para-hydroxylation sites is 1. The van der Waals surface area contributed by atoms with Gasteiger partial charge < -0.3 is 18.9 Å². The van der Waals surface area contributed by atoms with Gasteiger partial charge in [0.1, 0.15) is 0 Å². The van der Waals surface area contributed by atoms with Gasteiger partial charge in [-0.25, -0.2) is 0 Å². The van der Waals surface area contributed by atoms with Crippen molar-refractivity contribution in [3.63, 3.8) is 0 Å². The smallest absolute Gasteiger partial charge is 0.252 e. The molecule has 4 heterocycles. The van der Waals surface area contributed by atoms with E-state index >= 15 is 0 Å². The van der Waals surface area contributed by atoms with Crippen LogP contribution in [0.3, 0.4) is 0 Å². The molecule has 0 amide bonds. The van der Waals surface area contributed by atoms with Crippen LogP contribution in [-0.2, 0) is 43.3 Å². The molecule has 0 spiro atoms. The van der Waals surface area contributed by atoms with E-state index in [-0.39, 0.29) is 50.0 Å². The molecule has 2 aliphatic carbocycles. The summed E-state index contributed by atoms with van der Waals surface area (Å²) in [7, 11) is 0. The first-order chi connectivity index (χ1) is 51.5. The van der Waals surface area contributed by atoms with Crippen LogP contribution >= 0.6 is 0 Å². The topological polar surface area (TPSA) is 16.3 Å². The zero-order chi connectivity index (χ0) is 76.3. The third kappa shape index (κ3) is 11.4. The number of nitrogens with zero attached hydrogens (tertiary/aromatic N) is 4. The zero-order valence-corrected chi connectivity index (χ0v) is 68.2. The molecule has 0 saturated heterocycles. The van der Waals surface area contributed by atoms with Gasteiger partial charge in [0, 0.05) is 61.4 Å². The maximum absolute atomic E-state index is 2.66. The summed E-state index contributed by atoms with van der Waals surface area (Å²) in [6.07, 6.45) is 4.70. The molecule has 0 bridgehead atoms. The molecule has 4 nitrogen and oxygen atoms in total. The number of rotatable bonds is 7. The minimum Gasteiger partial charge on any atom is -0.311 e. The summed E-state index contributed by atoms with van der Waals surface area (Å²) >= 11 is 0. The number of benzene rings is 12. The van der Waals surface area contributed by atoms with Crippen molar-refractivity contribution in [3.05, 3.63) is 281 Å². The minimum atomic E-state index is -0.170. The van der Waals surface area contributed by atoms with E-state index in [1.807, 2.05) is 0 Å². The molecule has 0 unspecified atom stereocenters. The van der Waals surface area contributed by atoms with E-state index in [1.165, 1.54) is 169 Å². The van der Waals surface area contributed by atoms with Crippen molar-refractivity contribution in [1.82, 2.24) is 9.13 Å². The first kappa shape index (κ1) is 70.6. The first-order valence-electron chi connectivity index (χ1n) is 40.3. The second kappa shape index (κ2) is 24.2. The lowest BCUT2D eigenvalue weighted by Crippen LogP contribution is -2.61. The Balaban J connectivity index is 0.943. The van der Waals surface area contributed by atoms with Crippen molar-refractivity contribution >= 4 is 101 Å². The highest BCUT2D eigenvalue weighted by Crippen LogP contribution is 2.53. The molecular formula is C104H107BN4. The van der Waals surface area contributed by atoms with Gasteiger partial charge in [-0.1, -0.05) is 278 Å². The Morgan fingerprint density at radius 1 is 0.275 bits per heavy atom. The van der Waals surface area contributed by atoms with Crippen LogP contribution in [0.2, 0.25) is 0 Å². The number of hydrogen-bond acceptors (Lipinski definition) is 2. The van der Waals surface area contributed by atoms with Gasteiger partial charge in [0.15, 0.2) is 0 Å². The van der Waals surface area contributed by atoms with Crippen LogP contribution in [0.5, 0.6) is 0 Å². The largest absolute Gasteiger partial charge is 0.311 e. The van der Waals surface area contributed by atoms with E-state index in [4.69, 9.17) is 0 Å². The average molecular weight is 1420 g/mol. The van der Waals surface area contributed by atoms with Crippen molar-refractivity contribution in [2.75, 3.05) is 9.80 Å². The van der Waals surface area contributed by atoms with Crippen molar-refractivity contribution in [1.29, 1.82) is 0 Å². The Morgan fingerprint density at radius 2 is 0.642 bits per heavy atom. The molecule has 12 aromatic carbocycles. The highest BCUT2D eigenvalue weighted by atomic mass is 15.2. The Morgan fingerprint density at radius 3 is 1.11 bits per heavy atom. The monoisotopic (exact) mass is 1420 g/mol. The fraction of sp³-hybridized carbons (Fsp3) is 0.308. The lowest BCUT2D eigenvalue weighted by atomic mass is 9.33. The zero-order valence-electron chi connectivity index (χ0n) is 68.2. The molecule has 0 atom stereocenters. The van der Waals surface area contributed by atoms with Crippen molar-refractivity contribution in [3.8, 4) is 44.8 Å². The lowest BCUT2D eigenvalue weighted by molar-refractivity contribution is 0.332. The van der Waals surface area contributed by atoms with Crippen LogP contribution in [0, 0.1) is 0 Å². The van der Waals surface area contributed by atoms with Crippen LogP contribution in [0.25, 0.3) is 88.4 Å². The molecule has 5 heteroatoms. The van der Waals surface area contributed by atoms with E-state index in [2.05, 4.69) is 394 Å². The molecule has 18 rings (SSSR count). The standard InChI is InChI=1S/C104H107BN4/c1-97(2,3)69-36-48-89-78(58-69)77-26-22-24-28-88(77)108(89)74-43-47-87-93(61-74)107(73-41-31-65(32-42-73)67-34-45-83-85(56-67)104(19,20)54-52-102(83,15)16)95-63-75(109-90-49-37-70(98(4,5)6)59-79(90)80-60-71(99(7,8)9)38-50-91(80)109)62-94-96(95)105(87)86-46-35-68(76-25-21-23-27-81(76)100(10,11)12)57-92(86)106(94)72-39-29-64(30-40-72)66-33-44-82-84(55-66)103(17,18)53-51-101(82,13)14/h21-50,55-63H,51-54H2,1-20H3. The molecular weight excluding hydrogens is 1320 g/mol. The summed E-state index contributed by atoms with van der Waals surface area (Å²) in [5.41, 5.74) is 36.5. The SMILES string of the molecule is CC(C)(C)c1ccc2c(c1)c1ccccc1n2-c1ccc2c(c1)N(c1ccc(-c3ccc4c(c3)C(C)(C)CCC4(C)C)cc1)c1cc(-n3c4ccc(C(C)(C)C)cc4c4cc(C(C)(C)C)ccc43)cc3c1B2c1ccc(-c2ccccc2C(C)(C)C)cc1N3c1ccc(-c2ccc3c(c2)C(C)(C)CCC3(C)C)cc1. The summed E-state index contributed by atoms with van der Waals surface area (Å²) in [5.74, 6) is 0. The normalized spacial score (nSPS) is 16.3. The van der Waals surface area contributed by atoms with Gasteiger partial charge in [0.05, 0.1) is 27.8 Å². The third-order valence-corrected chi connectivity index (χ3v) is 26.3. The van der Waals surface area contributed by atoms with Gasteiger partial charge in [0.25, 0.3) is 6.71 Å². The average Bonchev–Trinajstić information content (AvgIpc) is 1.49. The Hall–Kier alpha value is -10.1. The van der Waals surface area contributed by atoms with E-state index in [1.54, 1.807) is 0 Å². The molecule has 14 aromatic rings. The fourth-order valence-corrected chi connectivity index (χ4v) is 19.4. The maximum atomic E-state index is 2.66. The summed E-state index contributed by atoms with van der Waals surface area (Å²) in [6.45, 7) is 47.5. The Labute approximate surface area is 649 Å². The number of anilines is 6. The number of hydrogen-bond donors (Lipinski definition) is 0. The van der Waals surface area contributed by atoms with Crippen LogP contribution in [0.4, 0.5) is 34.1 Å². The molecule has 0 saturated carbocycles. The highest BCUT2D eigenvalue weighted by Gasteiger charge is 2.46. The number of aromatic nitrogens is 2. The van der Waals surface area contributed by atoms with Crippen LogP contribution in [-0.4, -0.2) is 15.8 Å². The van der Waals surface area contributed by atoms with Gasteiger partial charge >= 0.3 is 0 Å². The summed E-state index contributed by atoms with van der Waals surface area (Å²) in [5, 5.41) is 5.06. The van der Waals surface area contributed by atoms with Gasteiger partial charge in [-0.15, -0.1) is 0 Å². The molecule has 0 radical (unpaired) electrons. The lowest BCUT2D eigenvalue weighted by Gasteiger charge is -2.45. The Kier molecular flexibility index (Phi) is 15.7. The van der Waals surface area contributed by atoms with E-state index in [0.29, 0.717) is 0 Å². The summed E-state index contributed by atoms with van der Waals surface area (Å²) in [4.78, 5) is 5.32. The van der Waals surface area contributed by atoms with E-state index < -0.39 is 0 Å². The van der Waals surface area contributed by atoms with Crippen LogP contribution < -0.4 is 26.2 Å². The van der Waals surface area contributed by atoms with Gasteiger partial charge in [-0.05, 0) is 260 Å². The molecule has 2 aromatic heterocycles. The molecule has 546 valence electrons. The second-order valence-electron chi connectivity index (χ2n) is 39.6. The second-order valence-corrected chi connectivity index (χ2v) is 39.6.